The maximum atomic E-state index is 12.1. The fourth-order valence-corrected chi connectivity index (χ4v) is 3.63. The van der Waals surface area contributed by atoms with Gasteiger partial charge >= 0.3 is 0 Å². The lowest BCUT2D eigenvalue weighted by atomic mass is 10.1. The molecule has 0 saturated carbocycles. The van der Waals surface area contributed by atoms with Crippen LogP contribution < -0.4 is 11.1 Å². The molecule has 3 N–H and O–H groups in total. The van der Waals surface area contributed by atoms with Crippen LogP contribution in [0.4, 0.5) is 5.69 Å². The number of anilines is 1. The Morgan fingerprint density at radius 3 is 3.00 bits per heavy atom. The summed E-state index contributed by atoms with van der Waals surface area (Å²) < 4.78 is 0. The Bertz CT molecular complexity index is 521. The molecule has 1 unspecified atom stereocenters. The van der Waals surface area contributed by atoms with Crippen LogP contribution in [0.2, 0.25) is 0 Å². The monoisotopic (exact) mass is 323 g/mol. The van der Waals surface area contributed by atoms with Gasteiger partial charge in [0, 0.05) is 42.6 Å². The van der Waals surface area contributed by atoms with Crippen LogP contribution in [0.1, 0.15) is 18.9 Å². The average Bonchev–Trinajstić information content (AvgIpc) is 2.45. The molecule has 1 saturated heterocycles. The van der Waals surface area contributed by atoms with E-state index in [-0.39, 0.29) is 5.91 Å². The standard InChI is InChI=1S/C15H21N3OS2/c1-11-10-18(8-9-21-11)7-6-14(19)17-13-5-3-2-4-12(13)15(16)20/h2-5,11H,6-10H2,1H3,(H2,16,20)(H,17,19). The molecule has 2 rings (SSSR count). The number of thioether (sulfide) groups is 1. The minimum absolute atomic E-state index is 0.00424. The summed E-state index contributed by atoms with van der Waals surface area (Å²) in [7, 11) is 0. The molecule has 4 nitrogen and oxygen atoms in total. The number of rotatable bonds is 5. The van der Waals surface area contributed by atoms with Crippen molar-refractivity contribution >= 4 is 40.6 Å². The summed E-state index contributed by atoms with van der Waals surface area (Å²) in [6.07, 6.45) is 0.489. The molecule has 1 fully saturated rings. The number of carbonyl (C=O) groups is 1. The first-order valence-corrected chi connectivity index (χ1v) is 8.54. The molecule has 114 valence electrons. The number of thiocarbonyl (C=S) groups is 1. The quantitative estimate of drug-likeness (QED) is 0.813. The van der Waals surface area contributed by atoms with E-state index in [0.29, 0.717) is 27.9 Å². The molecular formula is C15H21N3OS2. The van der Waals surface area contributed by atoms with Gasteiger partial charge in [-0.2, -0.15) is 11.8 Å². The number of para-hydroxylation sites is 1. The van der Waals surface area contributed by atoms with Crippen molar-refractivity contribution in [2.75, 3.05) is 30.7 Å². The Labute approximate surface area is 135 Å². The summed E-state index contributed by atoms with van der Waals surface area (Å²) in [5, 5.41) is 3.55. The second-order valence-electron chi connectivity index (χ2n) is 5.19. The van der Waals surface area contributed by atoms with Gasteiger partial charge in [0.05, 0.1) is 5.69 Å². The molecule has 0 aliphatic carbocycles. The lowest BCUT2D eigenvalue weighted by Crippen LogP contribution is -2.38. The van der Waals surface area contributed by atoms with Gasteiger partial charge in [-0.05, 0) is 12.1 Å². The second kappa shape index (κ2) is 7.77. The Morgan fingerprint density at radius 2 is 2.29 bits per heavy atom. The van der Waals surface area contributed by atoms with Gasteiger partial charge in [0.15, 0.2) is 0 Å². The van der Waals surface area contributed by atoms with E-state index < -0.39 is 0 Å². The first kappa shape index (κ1) is 16.3. The molecule has 1 aromatic rings. The summed E-state index contributed by atoms with van der Waals surface area (Å²) in [6.45, 7) is 5.15. The molecule has 1 amide bonds. The van der Waals surface area contributed by atoms with Crippen LogP contribution in [0, 0.1) is 0 Å². The van der Waals surface area contributed by atoms with E-state index in [1.54, 1.807) is 0 Å². The smallest absolute Gasteiger partial charge is 0.225 e. The summed E-state index contributed by atoms with van der Waals surface area (Å²) in [5.74, 6) is 1.15. The van der Waals surface area contributed by atoms with Crippen LogP contribution in [-0.4, -0.2) is 46.4 Å². The van der Waals surface area contributed by atoms with Gasteiger partial charge in [-0.3, -0.25) is 4.79 Å². The predicted octanol–water partition coefficient (Wildman–Crippen LogP) is 2.09. The third kappa shape index (κ3) is 4.98. The second-order valence-corrected chi connectivity index (χ2v) is 7.18. The number of nitrogens with zero attached hydrogens (tertiary/aromatic N) is 1. The van der Waals surface area contributed by atoms with E-state index in [1.807, 2.05) is 36.0 Å². The summed E-state index contributed by atoms with van der Waals surface area (Å²) in [5.41, 5.74) is 7.07. The zero-order chi connectivity index (χ0) is 15.2. The SMILES string of the molecule is CC1CN(CCC(=O)Nc2ccccc2C(N)=S)CCS1. The maximum Gasteiger partial charge on any atom is 0.225 e. The van der Waals surface area contributed by atoms with Crippen LogP contribution in [0.25, 0.3) is 0 Å². The topological polar surface area (TPSA) is 58.4 Å². The van der Waals surface area contributed by atoms with Gasteiger partial charge in [-0.15, -0.1) is 0 Å². The van der Waals surface area contributed by atoms with Crippen molar-refractivity contribution in [1.82, 2.24) is 4.90 Å². The highest BCUT2D eigenvalue weighted by Crippen LogP contribution is 2.18. The van der Waals surface area contributed by atoms with E-state index >= 15 is 0 Å². The number of carbonyl (C=O) groups excluding carboxylic acids is 1. The summed E-state index contributed by atoms with van der Waals surface area (Å²) in [6, 6.07) is 7.37. The van der Waals surface area contributed by atoms with Crippen LogP contribution in [0.3, 0.4) is 0 Å². The molecule has 0 bridgehead atoms. The fraction of sp³-hybridized carbons (Fsp3) is 0.467. The molecule has 1 aromatic carbocycles. The van der Waals surface area contributed by atoms with Gasteiger partial charge < -0.3 is 16.0 Å². The molecule has 1 aliphatic rings. The van der Waals surface area contributed by atoms with Crippen molar-refractivity contribution in [2.24, 2.45) is 5.73 Å². The molecular weight excluding hydrogens is 302 g/mol. The normalized spacial score (nSPS) is 19.2. The Kier molecular flexibility index (Phi) is 6.02. The van der Waals surface area contributed by atoms with Crippen LogP contribution in [0.5, 0.6) is 0 Å². The Balaban J connectivity index is 1.86. The number of hydrogen-bond acceptors (Lipinski definition) is 4. The number of hydrogen-bond donors (Lipinski definition) is 2. The van der Waals surface area contributed by atoms with Crippen molar-refractivity contribution in [3.8, 4) is 0 Å². The highest BCUT2D eigenvalue weighted by atomic mass is 32.2. The minimum atomic E-state index is 0.00424. The molecule has 1 aliphatic heterocycles. The van der Waals surface area contributed by atoms with Crippen molar-refractivity contribution in [2.45, 2.75) is 18.6 Å². The van der Waals surface area contributed by atoms with E-state index in [0.717, 1.165) is 25.4 Å². The van der Waals surface area contributed by atoms with Gasteiger partial charge in [0.2, 0.25) is 5.91 Å². The molecule has 0 radical (unpaired) electrons. The number of nitrogens with one attached hydrogen (secondary N) is 1. The van der Waals surface area contributed by atoms with Crippen LogP contribution in [-0.2, 0) is 4.79 Å². The molecule has 1 heterocycles. The fourth-order valence-electron chi connectivity index (χ4n) is 2.37. The molecule has 6 heteroatoms. The van der Waals surface area contributed by atoms with Crippen LogP contribution in [0.15, 0.2) is 24.3 Å². The molecule has 1 atom stereocenters. The van der Waals surface area contributed by atoms with E-state index in [4.69, 9.17) is 18.0 Å². The van der Waals surface area contributed by atoms with Gasteiger partial charge in [-0.25, -0.2) is 0 Å². The highest BCUT2D eigenvalue weighted by Gasteiger charge is 2.17. The lowest BCUT2D eigenvalue weighted by molar-refractivity contribution is -0.116. The molecule has 0 spiro atoms. The number of benzene rings is 1. The maximum absolute atomic E-state index is 12.1. The van der Waals surface area contributed by atoms with E-state index in [2.05, 4.69) is 17.1 Å². The minimum Gasteiger partial charge on any atom is -0.389 e. The zero-order valence-electron chi connectivity index (χ0n) is 12.2. The number of nitrogens with two attached hydrogens (primary N) is 1. The predicted molar refractivity (Wildman–Crippen MR) is 93.9 cm³/mol. The average molecular weight is 323 g/mol. The molecule has 0 aromatic heterocycles. The third-order valence-corrected chi connectivity index (χ3v) is 4.80. The first-order chi connectivity index (χ1) is 10.1. The largest absolute Gasteiger partial charge is 0.389 e. The van der Waals surface area contributed by atoms with Crippen molar-refractivity contribution < 1.29 is 4.79 Å². The van der Waals surface area contributed by atoms with Gasteiger partial charge in [-0.1, -0.05) is 31.3 Å². The van der Waals surface area contributed by atoms with Crippen molar-refractivity contribution in [3.63, 3.8) is 0 Å². The van der Waals surface area contributed by atoms with Crippen molar-refractivity contribution in [3.05, 3.63) is 29.8 Å². The third-order valence-electron chi connectivity index (χ3n) is 3.45. The highest BCUT2D eigenvalue weighted by molar-refractivity contribution is 7.99. The Morgan fingerprint density at radius 1 is 1.52 bits per heavy atom. The van der Waals surface area contributed by atoms with Gasteiger partial charge in [0.1, 0.15) is 4.99 Å². The number of amides is 1. The zero-order valence-corrected chi connectivity index (χ0v) is 13.8. The van der Waals surface area contributed by atoms with E-state index in [1.165, 1.54) is 0 Å². The van der Waals surface area contributed by atoms with Gasteiger partial charge in [0.25, 0.3) is 0 Å². The summed E-state index contributed by atoms with van der Waals surface area (Å²) >= 11 is 6.99. The van der Waals surface area contributed by atoms with E-state index in [9.17, 15) is 4.79 Å². The van der Waals surface area contributed by atoms with Crippen molar-refractivity contribution in [1.29, 1.82) is 0 Å². The van der Waals surface area contributed by atoms with Crippen LogP contribution >= 0.6 is 24.0 Å². The first-order valence-electron chi connectivity index (χ1n) is 7.09. The lowest BCUT2D eigenvalue weighted by Gasteiger charge is -2.30. The summed E-state index contributed by atoms with van der Waals surface area (Å²) in [4.78, 5) is 14.7. The molecule has 21 heavy (non-hydrogen) atoms. The Hall–Kier alpha value is -1.11.